The molecule has 3 aromatic rings. The van der Waals surface area contributed by atoms with E-state index in [9.17, 15) is 8.42 Å². The van der Waals surface area contributed by atoms with Crippen LogP contribution in [0.25, 0.3) is 5.69 Å². The number of hydrogen-bond donors (Lipinski definition) is 2. The van der Waals surface area contributed by atoms with Gasteiger partial charge in [0.05, 0.1) is 5.69 Å². The summed E-state index contributed by atoms with van der Waals surface area (Å²) in [5.74, 6) is 0.598. The van der Waals surface area contributed by atoms with Crippen molar-refractivity contribution in [1.82, 2.24) is 19.5 Å². The van der Waals surface area contributed by atoms with Crippen LogP contribution in [-0.2, 0) is 16.6 Å². The van der Waals surface area contributed by atoms with E-state index < -0.39 is 10.0 Å². The van der Waals surface area contributed by atoms with E-state index in [0.717, 1.165) is 11.3 Å². The number of pyridine rings is 1. The number of para-hydroxylation sites is 1. The molecule has 0 aliphatic rings. The Morgan fingerprint density at radius 2 is 1.96 bits per heavy atom. The molecule has 0 saturated carbocycles. The van der Waals surface area contributed by atoms with E-state index >= 15 is 0 Å². The zero-order chi connectivity index (χ0) is 17.0. The number of anilines is 1. The lowest BCUT2D eigenvalue weighted by Crippen LogP contribution is -2.18. The van der Waals surface area contributed by atoms with Crippen LogP contribution in [0.2, 0.25) is 0 Å². The van der Waals surface area contributed by atoms with Crippen LogP contribution in [0.1, 0.15) is 5.56 Å². The minimum Gasteiger partial charge on any atom is -0.366 e. The predicted octanol–water partition coefficient (Wildman–Crippen LogP) is 1.79. The SMILES string of the molecule is CNS(=O)(=O)c1ccc(NCc2ccccc2-n2cccn2)nc1. The molecule has 0 unspecified atom stereocenters. The fraction of sp³-hybridized carbons (Fsp3) is 0.125. The van der Waals surface area contributed by atoms with E-state index in [-0.39, 0.29) is 4.90 Å². The minimum atomic E-state index is -3.47. The van der Waals surface area contributed by atoms with Crippen molar-refractivity contribution < 1.29 is 8.42 Å². The molecule has 0 spiro atoms. The quantitative estimate of drug-likeness (QED) is 0.712. The number of nitrogens with one attached hydrogen (secondary N) is 2. The molecule has 0 amide bonds. The smallest absolute Gasteiger partial charge is 0.241 e. The Morgan fingerprint density at radius 1 is 1.12 bits per heavy atom. The molecular weight excluding hydrogens is 326 g/mol. The molecular formula is C16H17N5O2S. The maximum absolute atomic E-state index is 11.7. The summed E-state index contributed by atoms with van der Waals surface area (Å²) in [6, 6.07) is 12.9. The highest BCUT2D eigenvalue weighted by molar-refractivity contribution is 7.89. The van der Waals surface area contributed by atoms with Crippen molar-refractivity contribution >= 4 is 15.8 Å². The molecule has 2 aromatic heterocycles. The molecule has 0 radical (unpaired) electrons. The Hall–Kier alpha value is -2.71. The van der Waals surface area contributed by atoms with Crippen molar-refractivity contribution in [2.45, 2.75) is 11.4 Å². The molecule has 1 aromatic carbocycles. The van der Waals surface area contributed by atoms with Gasteiger partial charge in [-0.05, 0) is 36.9 Å². The molecule has 7 nitrogen and oxygen atoms in total. The fourth-order valence-corrected chi connectivity index (χ4v) is 2.92. The summed E-state index contributed by atoms with van der Waals surface area (Å²) in [4.78, 5) is 4.28. The highest BCUT2D eigenvalue weighted by atomic mass is 32.2. The first-order valence-electron chi connectivity index (χ1n) is 7.31. The van der Waals surface area contributed by atoms with E-state index in [1.807, 2.05) is 36.5 Å². The number of nitrogens with zero attached hydrogens (tertiary/aromatic N) is 3. The van der Waals surface area contributed by atoms with Crippen molar-refractivity contribution in [3.8, 4) is 5.69 Å². The van der Waals surface area contributed by atoms with Gasteiger partial charge in [-0.3, -0.25) is 0 Å². The van der Waals surface area contributed by atoms with Gasteiger partial charge in [0.15, 0.2) is 0 Å². The molecule has 3 rings (SSSR count). The van der Waals surface area contributed by atoms with E-state index in [1.165, 1.54) is 19.3 Å². The summed E-state index contributed by atoms with van der Waals surface area (Å²) in [7, 11) is -2.10. The summed E-state index contributed by atoms with van der Waals surface area (Å²) >= 11 is 0. The zero-order valence-electron chi connectivity index (χ0n) is 13.0. The molecule has 8 heteroatoms. The third-order valence-electron chi connectivity index (χ3n) is 3.52. The lowest BCUT2D eigenvalue weighted by molar-refractivity contribution is 0.588. The molecule has 0 aliphatic heterocycles. The molecule has 0 bridgehead atoms. The molecule has 0 aliphatic carbocycles. The number of benzene rings is 1. The lowest BCUT2D eigenvalue weighted by atomic mass is 10.2. The van der Waals surface area contributed by atoms with Gasteiger partial charge in [-0.2, -0.15) is 5.10 Å². The first-order chi connectivity index (χ1) is 11.6. The predicted molar refractivity (Wildman–Crippen MR) is 91.4 cm³/mol. The van der Waals surface area contributed by atoms with E-state index in [4.69, 9.17) is 0 Å². The van der Waals surface area contributed by atoms with Crippen molar-refractivity contribution in [3.63, 3.8) is 0 Å². The van der Waals surface area contributed by atoms with Crippen LogP contribution < -0.4 is 10.0 Å². The van der Waals surface area contributed by atoms with Gasteiger partial charge in [0.2, 0.25) is 10.0 Å². The standard InChI is InChI=1S/C16H17N5O2S/c1-17-24(22,23)14-7-8-16(19-12-14)18-11-13-5-2-3-6-15(13)21-10-4-9-20-21/h2-10,12,17H,11H2,1H3,(H,18,19). The largest absolute Gasteiger partial charge is 0.366 e. The first kappa shape index (κ1) is 16.2. The number of hydrogen-bond acceptors (Lipinski definition) is 5. The van der Waals surface area contributed by atoms with Crippen LogP contribution in [0.15, 0.2) is 66.0 Å². The van der Waals surface area contributed by atoms with Crippen molar-refractivity contribution in [2.75, 3.05) is 12.4 Å². The minimum absolute atomic E-state index is 0.132. The Bertz CT molecular complexity index is 906. The summed E-state index contributed by atoms with van der Waals surface area (Å²) in [5, 5.41) is 7.44. The molecule has 124 valence electrons. The Balaban J connectivity index is 1.75. The van der Waals surface area contributed by atoms with Crippen LogP contribution in [-0.4, -0.2) is 30.2 Å². The van der Waals surface area contributed by atoms with E-state index in [1.54, 1.807) is 16.9 Å². The Labute approximate surface area is 140 Å². The third kappa shape index (κ3) is 3.44. The van der Waals surface area contributed by atoms with Crippen LogP contribution in [0, 0.1) is 0 Å². The van der Waals surface area contributed by atoms with Gasteiger partial charge in [-0.1, -0.05) is 18.2 Å². The summed E-state index contributed by atoms with van der Waals surface area (Å²) in [6.07, 6.45) is 4.94. The van der Waals surface area contributed by atoms with Gasteiger partial charge in [0, 0.05) is 25.1 Å². The van der Waals surface area contributed by atoms with Crippen molar-refractivity contribution in [3.05, 3.63) is 66.6 Å². The van der Waals surface area contributed by atoms with Crippen LogP contribution in [0.3, 0.4) is 0 Å². The van der Waals surface area contributed by atoms with Crippen molar-refractivity contribution in [1.29, 1.82) is 0 Å². The average Bonchev–Trinajstić information content (AvgIpc) is 3.15. The second-order valence-corrected chi connectivity index (χ2v) is 6.91. The van der Waals surface area contributed by atoms with Crippen LogP contribution in [0.4, 0.5) is 5.82 Å². The van der Waals surface area contributed by atoms with Gasteiger partial charge in [0.1, 0.15) is 10.7 Å². The van der Waals surface area contributed by atoms with Gasteiger partial charge in [0.25, 0.3) is 0 Å². The molecule has 2 heterocycles. The maximum Gasteiger partial charge on any atom is 0.241 e. The molecule has 24 heavy (non-hydrogen) atoms. The molecule has 2 N–H and O–H groups in total. The Morgan fingerprint density at radius 3 is 2.62 bits per heavy atom. The molecule has 0 saturated heterocycles. The van der Waals surface area contributed by atoms with Gasteiger partial charge >= 0.3 is 0 Å². The first-order valence-corrected chi connectivity index (χ1v) is 8.80. The van der Waals surface area contributed by atoms with Gasteiger partial charge in [-0.25, -0.2) is 22.8 Å². The van der Waals surface area contributed by atoms with E-state index in [0.29, 0.717) is 12.4 Å². The normalized spacial score (nSPS) is 11.4. The third-order valence-corrected chi connectivity index (χ3v) is 4.92. The highest BCUT2D eigenvalue weighted by Gasteiger charge is 2.11. The monoisotopic (exact) mass is 343 g/mol. The fourth-order valence-electron chi connectivity index (χ4n) is 2.24. The number of sulfonamides is 1. The highest BCUT2D eigenvalue weighted by Crippen LogP contribution is 2.16. The summed E-state index contributed by atoms with van der Waals surface area (Å²) < 4.78 is 27.4. The zero-order valence-corrected chi connectivity index (χ0v) is 13.9. The van der Waals surface area contributed by atoms with Crippen molar-refractivity contribution in [2.24, 2.45) is 0 Å². The number of aromatic nitrogens is 3. The van der Waals surface area contributed by atoms with Gasteiger partial charge in [-0.15, -0.1) is 0 Å². The van der Waals surface area contributed by atoms with Gasteiger partial charge < -0.3 is 5.32 Å². The van der Waals surface area contributed by atoms with E-state index in [2.05, 4.69) is 20.1 Å². The second kappa shape index (κ2) is 6.81. The lowest BCUT2D eigenvalue weighted by Gasteiger charge is -2.11. The Kier molecular flexibility index (Phi) is 4.59. The van der Waals surface area contributed by atoms with Crippen LogP contribution in [0.5, 0.6) is 0 Å². The molecule has 0 atom stereocenters. The maximum atomic E-state index is 11.7. The summed E-state index contributed by atoms with van der Waals surface area (Å²) in [6.45, 7) is 0.543. The molecule has 0 fully saturated rings. The average molecular weight is 343 g/mol. The van der Waals surface area contributed by atoms with Crippen LogP contribution >= 0.6 is 0 Å². The topological polar surface area (TPSA) is 88.9 Å². The summed E-state index contributed by atoms with van der Waals surface area (Å²) in [5.41, 5.74) is 2.03. The second-order valence-electron chi connectivity index (χ2n) is 5.02. The number of rotatable bonds is 6.